The Morgan fingerprint density at radius 2 is 1.97 bits per heavy atom. The summed E-state index contributed by atoms with van der Waals surface area (Å²) < 4.78 is 42.1. The number of rotatable bonds is 4. The lowest BCUT2D eigenvalue weighted by molar-refractivity contribution is -0.142. The number of hydrogen-bond acceptors (Lipinski definition) is 5. The molecule has 3 aromatic rings. The summed E-state index contributed by atoms with van der Waals surface area (Å²) in [5.74, 6) is -1.21. The number of carbonyl (C=O) groups excluding carboxylic acids is 2. The molecule has 13 heteroatoms. The molecule has 30 heavy (non-hydrogen) atoms. The summed E-state index contributed by atoms with van der Waals surface area (Å²) in [6, 6.07) is 0.841. The van der Waals surface area contributed by atoms with Crippen molar-refractivity contribution in [3.05, 3.63) is 39.5 Å². The number of amides is 2. The molecule has 0 radical (unpaired) electrons. The van der Waals surface area contributed by atoms with Crippen molar-refractivity contribution in [3.63, 3.8) is 0 Å². The first-order chi connectivity index (χ1) is 14.0. The van der Waals surface area contributed by atoms with Crippen LogP contribution in [0.5, 0.6) is 0 Å². The van der Waals surface area contributed by atoms with E-state index < -0.39 is 23.7 Å². The monoisotopic (exact) mass is 487 g/mol. The molecule has 3 heterocycles. The van der Waals surface area contributed by atoms with Gasteiger partial charge in [-0.05, 0) is 35.8 Å². The standard InChI is InChI=1S/C17H17BrF3N7O2/c1-5-27-13(16(30)26(3)4)9(7-22-27)24-15(29)12-11(18)14-23-8(2)6-10(17(19,20)21)28(14)25-12/h6-7H,5H2,1-4H3,(H,24,29). The molecule has 0 aliphatic rings. The number of anilines is 1. The first-order valence-corrected chi connectivity index (χ1v) is 9.46. The molecule has 3 aromatic heterocycles. The molecule has 0 saturated carbocycles. The fourth-order valence-electron chi connectivity index (χ4n) is 2.80. The van der Waals surface area contributed by atoms with Gasteiger partial charge in [0.25, 0.3) is 11.8 Å². The number of carbonyl (C=O) groups is 2. The molecule has 0 atom stereocenters. The van der Waals surface area contributed by atoms with Crippen molar-refractivity contribution in [3.8, 4) is 0 Å². The van der Waals surface area contributed by atoms with Gasteiger partial charge in [0, 0.05) is 26.3 Å². The van der Waals surface area contributed by atoms with Gasteiger partial charge in [-0.15, -0.1) is 0 Å². The lowest BCUT2D eigenvalue weighted by atomic mass is 10.3. The maximum absolute atomic E-state index is 13.4. The van der Waals surface area contributed by atoms with Crippen LogP contribution in [-0.4, -0.2) is 55.2 Å². The summed E-state index contributed by atoms with van der Waals surface area (Å²) in [4.78, 5) is 30.6. The van der Waals surface area contributed by atoms with Crippen LogP contribution in [0, 0.1) is 6.92 Å². The van der Waals surface area contributed by atoms with Crippen LogP contribution in [0.25, 0.3) is 5.65 Å². The van der Waals surface area contributed by atoms with E-state index in [-0.39, 0.29) is 32.9 Å². The number of aryl methyl sites for hydroxylation is 2. The van der Waals surface area contributed by atoms with E-state index in [0.717, 1.165) is 6.07 Å². The Labute approximate surface area is 177 Å². The Morgan fingerprint density at radius 1 is 1.30 bits per heavy atom. The highest BCUT2D eigenvalue weighted by molar-refractivity contribution is 9.10. The maximum Gasteiger partial charge on any atom is 0.433 e. The van der Waals surface area contributed by atoms with Gasteiger partial charge in [0.15, 0.2) is 11.3 Å². The average Bonchev–Trinajstić information content (AvgIpc) is 3.20. The van der Waals surface area contributed by atoms with Crippen molar-refractivity contribution < 1.29 is 22.8 Å². The summed E-state index contributed by atoms with van der Waals surface area (Å²) in [7, 11) is 3.10. The van der Waals surface area contributed by atoms with Gasteiger partial charge in [0.2, 0.25) is 0 Å². The first-order valence-electron chi connectivity index (χ1n) is 8.67. The first kappa shape index (κ1) is 21.7. The third kappa shape index (κ3) is 3.76. The molecule has 0 unspecified atom stereocenters. The van der Waals surface area contributed by atoms with Crippen LogP contribution in [0.3, 0.4) is 0 Å². The van der Waals surface area contributed by atoms with Gasteiger partial charge in [0.1, 0.15) is 11.4 Å². The molecule has 0 aliphatic heterocycles. The fourth-order valence-corrected chi connectivity index (χ4v) is 3.31. The fraction of sp³-hybridized carbons (Fsp3) is 0.353. The van der Waals surface area contributed by atoms with Crippen molar-refractivity contribution in [2.24, 2.45) is 0 Å². The van der Waals surface area contributed by atoms with Crippen LogP contribution in [0.4, 0.5) is 18.9 Å². The van der Waals surface area contributed by atoms with Crippen LogP contribution in [0.15, 0.2) is 16.7 Å². The highest BCUT2D eigenvalue weighted by Gasteiger charge is 2.36. The normalized spacial score (nSPS) is 11.7. The Hall–Kier alpha value is -2.96. The van der Waals surface area contributed by atoms with Crippen LogP contribution in [0.2, 0.25) is 0 Å². The highest BCUT2D eigenvalue weighted by atomic mass is 79.9. The predicted octanol–water partition coefficient (Wildman–Crippen LogP) is 2.99. The second kappa shape index (κ2) is 7.70. The zero-order chi connectivity index (χ0) is 22.4. The maximum atomic E-state index is 13.4. The second-order valence-electron chi connectivity index (χ2n) is 6.55. The molecular formula is C17H17BrF3N7O2. The molecule has 160 valence electrons. The predicted molar refractivity (Wildman–Crippen MR) is 104 cm³/mol. The van der Waals surface area contributed by atoms with E-state index in [1.807, 2.05) is 0 Å². The van der Waals surface area contributed by atoms with Crippen molar-refractivity contribution in [1.29, 1.82) is 0 Å². The zero-order valence-electron chi connectivity index (χ0n) is 16.4. The van der Waals surface area contributed by atoms with E-state index in [1.54, 1.807) is 21.0 Å². The van der Waals surface area contributed by atoms with E-state index in [2.05, 4.69) is 36.4 Å². The number of aromatic nitrogens is 5. The van der Waals surface area contributed by atoms with E-state index >= 15 is 0 Å². The van der Waals surface area contributed by atoms with Crippen molar-refractivity contribution in [2.75, 3.05) is 19.4 Å². The van der Waals surface area contributed by atoms with Crippen LogP contribution in [0.1, 0.15) is 39.3 Å². The molecule has 0 bridgehead atoms. The summed E-state index contributed by atoms with van der Waals surface area (Å²) in [6.07, 6.45) is -3.40. The Balaban J connectivity index is 2.07. The quantitative estimate of drug-likeness (QED) is 0.609. The van der Waals surface area contributed by atoms with Gasteiger partial charge in [-0.3, -0.25) is 14.3 Å². The molecule has 1 N–H and O–H groups in total. The third-order valence-electron chi connectivity index (χ3n) is 4.16. The summed E-state index contributed by atoms with van der Waals surface area (Å²) >= 11 is 3.12. The Morgan fingerprint density at radius 3 is 2.53 bits per heavy atom. The smallest absolute Gasteiger partial charge is 0.343 e. The Kier molecular flexibility index (Phi) is 5.58. The van der Waals surface area contributed by atoms with E-state index in [0.29, 0.717) is 11.1 Å². The van der Waals surface area contributed by atoms with E-state index in [1.165, 1.54) is 22.7 Å². The number of alkyl halides is 3. The number of halogens is 4. The SMILES string of the molecule is CCn1ncc(NC(=O)c2nn3c(C(F)(F)F)cc(C)nc3c2Br)c1C(=O)N(C)C. The van der Waals surface area contributed by atoms with Gasteiger partial charge in [0.05, 0.1) is 16.4 Å². The second-order valence-corrected chi connectivity index (χ2v) is 7.35. The van der Waals surface area contributed by atoms with Crippen molar-refractivity contribution >= 4 is 39.1 Å². The molecule has 0 aliphatic carbocycles. The topological polar surface area (TPSA) is 97.4 Å². The minimum Gasteiger partial charge on any atom is -0.343 e. The average molecular weight is 488 g/mol. The number of hydrogen-bond donors (Lipinski definition) is 1. The highest BCUT2D eigenvalue weighted by Crippen LogP contribution is 2.32. The summed E-state index contributed by atoms with van der Waals surface area (Å²) in [5, 5.41) is 10.4. The van der Waals surface area contributed by atoms with Crippen LogP contribution < -0.4 is 5.32 Å². The number of nitrogens with one attached hydrogen (secondary N) is 1. The third-order valence-corrected chi connectivity index (χ3v) is 4.89. The molecule has 2 amide bonds. The lowest BCUT2D eigenvalue weighted by Gasteiger charge is -2.13. The van der Waals surface area contributed by atoms with E-state index in [9.17, 15) is 22.8 Å². The van der Waals surface area contributed by atoms with Gasteiger partial charge < -0.3 is 10.2 Å². The van der Waals surface area contributed by atoms with Gasteiger partial charge in [-0.1, -0.05) is 0 Å². The van der Waals surface area contributed by atoms with Crippen molar-refractivity contribution in [2.45, 2.75) is 26.6 Å². The van der Waals surface area contributed by atoms with Gasteiger partial charge in [-0.2, -0.15) is 23.4 Å². The molecule has 3 rings (SSSR count). The minimum atomic E-state index is -4.70. The lowest BCUT2D eigenvalue weighted by Crippen LogP contribution is -2.26. The van der Waals surface area contributed by atoms with Crippen molar-refractivity contribution in [1.82, 2.24) is 29.3 Å². The molecule has 0 spiro atoms. The van der Waals surface area contributed by atoms with E-state index in [4.69, 9.17) is 0 Å². The molecule has 9 nitrogen and oxygen atoms in total. The largest absolute Gasteiger partial charge is 0.433 e. The molecular weight excluding hydrogens is 471 g/mol. The molecule has 0 aromatic carbocycles. The summed E-state index contributed by atoms with van der Waals surface area (Å²) in [5.41, 5.74) is -1.16. The number of fused-ring (bicyclic) bond motifs is 1. The number of nitrogens with zero attached hydrogens (tertiary/aromatic N) is 6. The Bertz CT molecular complexity index is 1150. The minimum absolute atomic E-state index is 0.00225. The van der Waals surface area contributed by atoms with Crippen LogP contribution >= 0.6 is 15.9 Å². The zero-order valence-corrected chi connectivity index (χ0v) is 18.0. The molecule has 0 fully saturated rings. The summed E-state index contributed by atoms with van der Waals surface area (Å²) in [6.45, 7) is 3.56. The van der Waals surface area contributed by atoms with Gasteiger partial charge >= 0.3 is 6.18 Å². The van der Waals surface area contributed by atoms with Gasteiger partial charge in [-0.25, -0.2) is 9.50 Å². The van der Waals surface area contributed by atoms with Crippen LogP contribution in [-0.2, 0) is 12.7 Å². The molecule has 0 saturated heterocycles.